The number of hydrogen-bond acceptors (Lipinski definition) is 3. The summed E-state index contributed by atoms with van der Waals surface area (Å²) in [5.74, 6) is 0.916. The zero-order valence-electron chi connectivity index (χ0n) is 9.87. The second kappa shape index (κ2) is 4.83. The fourth-order valence-electron chi connectivity index (χ4n) is 2.43. The second-order valence-electron chi connectivity index (χ2n) is 4.94. The summed E-state index contributed by atoms with van der Waals surface area (Å²) in [6.07, 6.45) is 6.55. The fraction of sp³-hybridized carbons (Fsp3) is 0.615. The Morgan fingerprint density at radius 2 is 2.19 bits per heavy atom. The van der Waals surface area contributed by atoms with Crippen molar-refractivity contribution in [2.24, 2.45) is 5.41 Å². The van der Waals surface area contributed by atoms with Gasteiger partial charge in [-0.25, -0.2) is 4.98 Å². The van der Waals surface area contributed by atoms with E-state index in [1.165, 1.54) is 18.4 Å². The molecule has 2 rings (SSSR count). The molecule has 0 atom stereocenters. The summed E-state index contributed by atoms with van der Waals surface area (Å²) < 4.78 is 0. The molecule has 0 radical (unpaired) electrons. The molecular weight excluding hydrogens is 200 g/mol. The topological polar surface area (TPSA) is 45.2 Å². The van der Waals surface area contributed by atoms with Crippen LogP contribution in [0.5, 0.6) is 0 Å². The quantitative estimate of drug-likeness (QED) is 0.818. The summed E-state index contributed by atoms with van der Waals surface area (Å²) in [6.45, 7) is 3.18. The van der Waals surface area contributed by atoms with Crippen LogP contribution < -0.4 is 5.32 Å². The highest BCUT2D eigenvalue weighted by Gasteiger charge is 2.32. The molecule has 1 aliphatic rings. The summed E-state index contributed by atoms with van der Waals surface area (Å²) in [5.41, 5.74) is 1.30. The van der Waals surface area contributed by atoms with E-state index in [-0.39, 0.29) is 12.0 Å². The molecule has 1 saturated carbocycles. The van der Waals surface area contributed by atoms with Gasteiger partial charge >= 0.3 is 0 Å². The predicted octanol–water partition coefficient (Wildman–Crippen LogP) is 2.35. The third kappa shape index (κ3) is 2.53. The smallest absolute Gasteiger partial charge is 0.126 e. The molecule has 2 N–H and O–H groups in total. The summed E-state index contributed by atoms with van der Waals surface area (Å²) in [5, 5.41) is 12.8. The van der Waals surface area contributed by atoms with Gasteiger partial charge in [0.2, 0.25) is 0 Å². The van der Waals surface area contributed by atoms with Crippen molar-refractivity contribution in [3.05, 3.63) is 23.9 Å². The van der Waals surface area contributed by atoms with Crippen molar-refractivity contribution in [3.63, 3.8) is 0 Å². The highest BCUT2D eigenvalue weighted by atomic mass is 16.3. The van der Waals surface area contributed by atoms with Crippen molar-refractivity contribution in [3.8, 4) is 0 Å². The Morgan fingerprint density at radius 3 is 2.81 bits per heavy atom. The van der Waals surface area contributed by atoms with Crippen molar-refractivity contribution in [2.45, 2.75) is 32.6 Å². The number of hydrogen-bond donors (Lipinski definition) is 2. The van der Waals surface area contributed by atoms with Gasteiger partial charge in [-0.15, -0.1) is 0 Å². The van der Waals surface area contributed by atoms with Crippen LogP contribution in [0.15, 0.2) is 18.3 Å². The van der Waals surface area contributed by atoms with E-state index in [1.54, 1.807) is 0 Å². The molecule has 0 aliphatic heterocycles. The molecule has 1 aromatic heterocycles. The number of nitrogens with one attached hydrogen (secondary N) is 1. The number of pyridine rings is 1. The largest absolute Gasteiger partial charge is 0.396 e. The molecule has 3 heteroatoms. The predicted molar refractivity (Wildman–Crippen MR) is 65.5 cm³/mol. The van der Waals surface area contributed by atoms with E-state index in [1.807, 2.05) is 18.3 Å². The monoisotopic (exact) mass is 220 g/mol. The zero-order chi connectivity index (χ0) is 11.4. The van der Waals surface area contributed by atoms with E-state index in [9.17, 15) is 5.11 Å². The summed E-state index contributed by atoms with van der Waals surface area (Å²) in [7, 11) is 0. The number of aliphatic hydroxyl groups is 1. The van der Waals surface area contributed by atoms with Gasteiger partial charge in [-0.05, 0) is 37.5 Å². The number of aromatic nitrogens is 1. The molecule has 0 unspecified atom stereocenters. The van der Waals surface area contributed by atoms with E-state index in [2.05, 4.69) is 17.2 Å². The Kier molecular flexibility index (Phi) is 3.44. The van der Waals surface area contributed by atoms with Crippen LogP contribution in [0, 0.1) is 12.3 Å². The number of anilines is 1. The SMILES string of the molecule is Cc1ccnc(NCC2(CO)CCCC2)c1. The molecule has 88 valence electrons. The lowest BCUT2D eigenvalue weighted by Gasteiger charge is -2.26. The van der Waals surface area contributed by atoms with Gasteiger partial charge < -0.3 is 10.4 Å². The minimum absolute atomic E-state index is 0.0887. The van der Waals surface area contributed by atoms with Gasteiger partial charge in [0.1, 0.15) is 5.82 Å². The molecule has 16 heavy (non-hydrogen) atoms. The van der Waals surface area contributed by atoms with Gasteiger partial charge in [0.15, 0.2) is 0 Å². The minimum atomic E-state index is 0.0887. The molecule has 1 heterocycles. The Hall–Kier alpha value is -1.09. The lowest BCUT2D eigenvalue weighted by atomic mass is 9.87. The molecule has 1 aromatic rings. The maximum absolute atomic E-state index is 9.49. The van der Waals surface area contributed by atoms with Crippen LogP contribution in [0.4, 0.5) is 5.82 Å². The van der Waals surface area contributed by atoms with Crippen LogP contribution in [0.2, 0.25) is 0 Å². The average Bonchev–Trinajstić information content (AvgIpc) is 2.76. The maximum Gasteiger partial charge on any atom is 0.126 e. The van der Waals surface area contributed by atoms with Crippen LogP contribution in [-0.4, -0.2) is 23.2 Å². The van der Waals surface area contributed by atoms with Gasteiger partial charge in [0.05, 0.1) is 6.61 Å². The van der Waals surface area contributed by atoms with Crippen LogP contribution >= 0.6 is 0 Å². The summed E-state index contributed by atoms with van der Waals surface area (Å²) >= 11 is 0. The first kappa shape index (κ1) is 11.4. The molecular formula is C13H20N2O. The van der Waals surface area contributed by atoms with Crippen LogP contribution in [0.3, 0.4) is 0 Å². The van der Waals surface area contributed by atoms with E-state index >= 15 is 0 Å². The van der Waals surface area contributed by atoms with E-state index in [0.29, 0.717) is 0 Å². The maximum atomic E-state index is 9.49. The normalized spacial score (nSPS) is 18.6. The van der Waals surface area contributed by atoms with Crippen molar-refractivity contribution in [1.29, 1.82) is 0 Å². The van der Waals surface area contributed by atoms with Crippen LogP contribution in [-0.2, 0) is 0 Å². The van der Waals surface area contributed by atoms with Gasteiger partial charge in [-0.2, -0.15) is 0 Å². The zero-order valence-corrected chi connectivity index (χ0v) is 9.87. The van der Waals surface area contributed by atoms with Crippen molar-refractivity contribution < 1.29 is 5.11 Å². The van der Waals surface area contributed by atoms with E-state index in [0.717, 1.165) is 25.2 Å². The van der Waals surface area contributed by atoms with Gasteiger partial charge in [0, 0.05) is 18.2 Å². The van der Waals surface area contributed by atoms with E-state index < -0.39 is 0 Å². The highest BCUT2D eigenvalue weighted by molar-refractivity contribution is 5.37. The first-order chi connectivity index (χ1) is 7.74. The molecule has 1 fully saturated rings. The molecule has 0 bridgehead atoms. The molecule has 0 aromatic carbocycles. The van der Waals surface area contributed by atoms with Crippen LogP contribution in [0.25, 0.3) is 0 Å². The third-order valence-corrected chi connectivity index (χ3v) is 3.56. The molecule has 3 nitrogen and oxygen atoms in total. The Bertz CT molecular complexity index is 346. The first-order valence-electron chi connectivity index (χ1n) is 6.02. The van der Waals surface area contributed by atoms with Crippen molar-refractivity contribution >= 4 is 5.82 Å². The van der Waals surface area contributed by atoms with Gasteiger partial charge in [-0.1, -0.05) is 12.8 Å². The molecule has 0 spiro atoms. The third-order valence-electron chi connectivity index (χ3n) is 3.56. The first-order valence-corrected chi connectivity index (χ1v) is 6.02. The van der Waals surface area contributed by atoms with Gasteiger partial charge in [-0.3, -0.25) is 0 Å². The standard InChI is InChI=1S/C13H20N2O/c1-11-4-7-14-12(8-11)15-9-13(10-16)5-2-3-6-13/h4,7-8,16H,2-3,5-6,9-10H2,1H3,(H,14,15). The highest BCUT2D eigenvalue weighted by Crippen LogP contribution is 2.37. The van der Waals surface area contributed by atoms with Crippen molar-refractivity contribution in [1.82, 2.24) is 4.98 Å². The minimum Gasteiger partial charge on any atom is -0.396 e. The lowest BCUT2D eigenvalue weighted by molar-refractivity contribution is 0.142. The number of rotatable bonds is 4. The van der Waals surface area contributed by atoms with Crippen LogP contribution in [0.1, 0.15) is 31.2 Å². The van der Waals surface area contributed by atoms with Gasteiger partial charge in [0.25, 0.3) is 0 Å². The molecule has 0 saturated heterocycles. The Morgan fingerprint density at radius 1 is 1.44 bits per heavy atom. The summed E-state index contributed by atoms with van der Waals surface area (Å²) in [4.78, 5) is 4.27. The lowest BCUT2D eigenvalue weighted by Crippen LogP contribution is -2.30. The molecule has 1 aliphatic carbocycles. The number of aliphatic hydroxyl groups excluding tert-OH is 1. The second-order valence-corrected chi connectivity index (χ2v) is 4.94. The Balaban J connectivity index is 1.95. The Labute approximate surface area is 96.9 Å². The number of nitrogens with zero attached hydrogens (tertiary/aromatic N) is 1. The van der Waals surface area contributed by atoms with E-state index in [4.69, 9.17) is 0 Å². The average molecular weight is 220 g/mol. The van der Waals surface area contributed by atoms with Crippen molar-refractivity contribution in [2.75, 3.05) is 18.5 Å². The molecule has 0 amide bonds. The number of aryl methyl sites for hydroxylation is 1. The summed E-state index contributed by atoms with van der Waals surface area (Å²) in [6, 6.07) is 4.03. The fourth-order valence-corrected chi connectivity index (χ4v) is 2.43.